The van der Waals surface area contributed by atoms with Gasteiger partial charge in [-0.2, -0.15) is 19.6 Å². The van der Waals surface area contributed by atoms with E-state index >= 15 is 0 Å². The van der Waals surface area contributed by atoms with E-state index in [2.05, 4.69) is 57.6 Å². The fourth-order valence-electron chi connectivity index (χ4n) is 4.19. The van der Waals surface area contributed by atoms with Crippen molar-refractivity contribution in [1.29, 1.82) is 0 Å². The quantitative estimate of drug-likeness (QED) is 0.325. The van der Waals surface area contributed by atoms with E-state index in [1.807, 2.05) is 72.5 Å². The zero-order valence-electron chi connectivity index (χ0n) is 19.2. The van der Waals surface area contributed by atoms with Crippen molar-refractivity contribution in [2.24, 2.45) is 5.10 Å². The Kier molecular flexibility index (Phi) is 5.27. The summed E-state index contributed by atoms with van der Waals surface area (Å²) < 4.78 is 3.60. The van der Waals surface area contributed by atoms with Crippen LogP contribution >= 0.6 is 0 Å². The first-order chi connectivity index (χ1) is 17.3. The number of benzene rings is 3. The molecule has 0 aliphatic carbocycles. The number of H-pyrrole nitrogens is 1. The van der Waals surface area contributed by atoms with Crippen LogP contribution < -0.4 is 0 Å². The minimum absolute atomic E-state index is 0.541. The van der Waals surface area contributed by atoms with Crippen LogP contribution in [-0.2, 0) is 6.42 Å². The minimum atomic E-state index is 0.541. The lowest BCUT2D eigenvalue weighted by atomic mass is 10.1. The highest BCUT2D eigenvalue weighted by atomic mass is 15.5. The summed E-state index contributed by atoms with van der Waals surface area (Å²) in [6.45, 7) is 2.04. The van der Waals surface area contributed by atoms with Crippen molar-refractivity contribution in [3.8, 4) is 28.5 Å². The average Bonchev–Trinajstić information content (AvgIpc) is 3.65. The summed E-state index contributed by atoms with van der Waals surface area (Å²) in [6.07, 6.45) is 4.49. The average molecular weight is 458 g/mol. The third kappa shape index (κ3) is 3.83. The molecule has 0 amide bonds. The maximum atomic E-state index is 4.94. The van der Waals surface area contributed by atoms with Crippen molar-refractivity contribution in [3.05, 3.63) is 109 Å². The summed E-state index contributed by atoms with van der Waals surface area (Å²) in [6, 6.07) is 30.6. The highest BCUT2D eigenvalue weighted by Crippen LogP contribution is 2.28. The largest absolute Gasteiger partial charge is 0.361 e. The molecule has 0 fully saturated rings. The maximum Gasteiger partial charge on any atom is 0.273 e. The molecule has 0 atom stereocenters. The van der Waals surface area contributed by atoms with Crippen LogP contribution in [0.2, 0.25) is 0 Å². The van der Waals surface area contributed by atoms with Crippen molar-refractivity contribution >= 4 is 17.1 Å². The van der Waals surface area contributed by atoms with E-state index in [1.165, 1.54) is 0 Å². The third-order valence-corrected chi connectivity index (χ3v) is 5.98. The fraction of sp³-hybridized carbons (Fsp3) is 0.0714. The highest BCUT2D eigenvalue weighted by Gasteiger charge is 2.19. The van der Waals surface area contributed by atoms with Gasteiger partial charge in [0.25, 0.3) is 5.95 Å². The summed E-state index contributed by atoms with van der Waals surface area (Å²) in [5, 5.41) is 19.8. The number of aromatic amines is 1. The van der Waals surface area contributed by atoms with Crippen molar-refractivity contribution in [2.75, 3.05) is 0 Å². The van der Waals surface area contributed by atoms with Gasteiger partial charge in [0.2, 0.25) is 0 Å². The molecule has 0 radical (unpaired) electrons. The van der Waals surface area contributed by atoms with Crippen LogP contribution in [0.5, 0.6) is 0 Å². The van der Waals surface area contributed by atoms with Gasteiger partial charge < -0.3 is 4.98 Å². The van der Waals surface area contributed by atoms with E-state index in [1.54, 1.807) is 4.68 Å². The van der Waals surface area contributed by atoms with E-state index in [4.69, 9.17) is 10.2 Å². The van der Waals surface area contributed by atoms with Crippen LogP contribution in [0.1, 0.15) is 18.3 Å². The Morgan fingerprint density at radius 2 is 1.57 bits per heavy atom. The molecule has 7 nitrogen and oxygen atoms in total. The molecular weight excluding hydrogens is 434 g/mol. The topological polar surface area (TPSA) is 76.7 Å². The molecule has 170 valence electrons. The number of aryl methyl sites for hydroxylation is 1. The lowest BCUT2D eigenvalue weighted by Crippen LogP contribution is -2.08. The van der Waals surface area contributed by atoms with Crippen LogP contribution in [0.3, 0.4) is 0 Å². The van der Waals surface area contributed by atoms with Crippen molar-refractivity contribution < 1.29 is 0 Å². The Labute approximate surface area is 202 Å². The number of nitrogens with one attached hydrogen (secondary N) is 1. The Hall–Kier alpha value is -4.78. The molecule has 0 spiro atoms. The molecule has 0 saturated heterocycles. The van der Waals surface area contributed by atoms with Gasteiger partial charge in [0, 0.05) is 40.2 Å². The molecule has 0 aliphatic heterocycles. The van der Waals surface area contributed by atoms with Gasteiger partial charge in [0.1, 0.15) is 0 Å². The summed E-state index contributed by atoms with van der Waals surface area (Å²) in [5.41, 5.74) is 5.92. The van der Waals surface area contributed by atoms with Gasteiger partial charge in [-0.1, -0.05) is 85.8 Å². The number of rotatable bonds is 6. The molecule has 0 unspecified atom stereocenters. The summed E-state index contributed by atoms with van der Waals surface area (Å²) in [7, 11) is 0. The molecule has 3 aromatic heterocycles. The van der Waals surface area contributed by atoms with Crippen LogP contribution in [0, 0.1) is 0 Å². The molecule has 0 saturated carbocycles. The minimum Gasteiger partial charge on any atom is -0.361 e. The molecule has 0 bridgehead atoms. The maximum absolute atomic E-state index is 4.94. The smallest absolute Gasteiger partial charge is 0.273 e. The van der Waals surface area contributed by atoms with Crippen LogP contribution in [-0.4, -0.2) is 35.9 Å². The van der Waals surface area contributed by atoms with E-state index in [9.17, 15) is 0 Å². The zero-order valence-corrected chi connectivity index (χ0v) is 19.2. The Bertz CT molecular complexity index is 1620. The predicted octanol–water partition coefficient (Wildman–Crippen LogP) is 5.72. The van der Waals surface area contributed by atoms with Gasteiger partial charge in [-0.25, -0.2) is 0 Å². The van der Waals surface area contributed by atoms with E-state index in [0.717, 1.165) is 44.8 Å². The number of nitrogens with zero attached hydrogens (tertiary/aromatic N) is 6. The van der Waals surface area contributed by atoms with Gasteiger partial charge in [0.05, 0.1) is 17.6 Å². The number of aromatic nitrogens is 6. The number of hydrogen-bond acceptors (Lipinski definition) is 4. The van der Waals surface area contributed by atoms with Crippen LogP contribution in [0.4, 0.5) is 0 Å². The lowest BCUT2D eigenvalue weighted by molar-refractivity contribution is 0.719. The first kappa shape index (κ1) is 20.8. The second-order valence-corrected chi connectivity index (χ2v) is 8.17. The molecule has 0 aliphatic rings. The van der Waals surface area contributed by atoms with Gasteiger partial charge in [-0.3, -0.25) is 0 Å². The highest BCUT2D eigenvalue weighted by molar-refractivity contribution is 5.98. The van der Waals surface area contributed by atoms with Gasteiger partial charge >= 0.3 is 0 Å². The second kappa shape index (κ2) is 8.87. The Balaban J connectivity index is 1.50. The molecule has 3 aromatic carbocycles. The standard InChI is InChI=1S/C28H23N7/c1-2-27-31-32-28(35(27)30-19-22-18-29-24-16-10-9-15-23(22)24)34-26(21-13-7-4-8-14-21)17-25(33-34)20-11-5-3-6-12-20/h3-19,29H,2H2,1H3/b30-19+. The van der Waals surface area contributed by atoms with Crippen molar-refractivity contribution in [1.82, 2.24) is 29.6 Å². The number of fused-ring (bicyclic) bond motifs is 1. The number of hydrogen-bond donors (Lipinski definition) is 1. The molecule has 6 rings (SSSR count). The molecule has 35 heavy (non-hydrogen) atoms. The van der Waals surface area contributed by atoms with Gasteiger partial charge in [-0.05, 0) is 12.1 Å². The Morgan fingerprint density at radius 1 is 0.857 bits per heavy atom. The summed E-state index contributed by atoms with van der Waals surface area (Å²) >= 11 is 0. The third-order valence-electron chi connectivity index (χ3n) is 5.98. The summed E-state index contributed by atoms with van der Waals surface area (Å²) in [5.74, 6) is 1.30. The van der Waals surface area contributed by atoms with Crippen LogP contribution in [0.25, 0.3) is 39.4 Å². The van der Waals surface area contributed by atoms with Crippen LogP contribution in [0.15, 0.2) is 102 Å². The monoisotopic (exact) mass is 457 g/mol. The first-order valence-corrected chi connectivity index (χ1v) is 11.6. The summed E-state index contributed by atoms with van der Waals surface area (Å²) in [4.78, 5) is 3.30. The van der Waals surface area contributed by atoms with Gasteiger partial charge in [-0.15, -0.1) is 10.2 Å². The van der Waals surface area contributed by atoms with E-state index in [0.29, 0.717) is 12.4 Å². The second-order valence-electron chi connectivity index (χ2n) is 8.17. The lowest BCUT2D eigenvalue weighted by Gasteiger charge is -2.07. The molecule has 6 aromatic rings. The number of para-hydroxylation sites is 1. The van der Waals surface area contributed by atoms with Crippen molar-refractivity contribution in [3.63, 3.8) is 0 Å². The van der Waals surface area contributed by atoms with Crippen molar-refractivity contribution in [2.45, 2.75) is 13.3 Å². The first-order valence-electron chi connectivity index (χ1n) is 11.6. The normalized spacial score (nSPS) is 11.6. The predicted molar refractivity (Wildman–Crippen MR) is 139 cm³/mol. The van der Waals surface area contributed by atoms with E-state index in [-0.39, 0.29) is 0 Å². The molecule has 7 heteroatoms. The molecule has 3 heterocycles. The molecular formula is C28H23N7. The fourth-order valence-corrected chi connectivity index (χ4v) is 4.19. The van der Waals surface area contributed by atoms with Gasteiger partial charge in [0.15, 0.2) is 5.82 Å². The zero-order chi connectivity index (χ0) is 23.6. The SMILES string of the molecule is CCc1nnc(-n2nc(-c3ccccc3)cc2-c2ccccc2)n1/N=C/c1c[nH]c2ccccc12. The molecule has 1 N–H and O–H groups in total. The Morgan fingerprint density at radius 3 is 2.34 bits per heavy atom. The van der Waals surface area contributed by atoms with E-state index < -0.39 is 0 Å².